The fourth-order valence-corrected chi connectivity index (χ4v) is 2.39. The summed E-state index contributed by atoms with van der Waals surface area (Å²) in [7, 11) is 0. The number of nitrogens with two attached hydrogens (primary N) is 1. The van der Waals surface area contributed by atoms with Gasteiger partial charge >= 0.3 is 0 Å². The largest absolute Gasteiger partial charge is 0.355 e. The molecule has 2 rings (SSSR count). The molecule has 1 saturated heterocycles. The molecule has 0 bridgehead atoms. The zero-order valence-electron chi connectivity index (χ0n) is 10.4. The van der Waals surface area contributed by atoms with Crippen LogP contribution in [0.2, 0.25) is 0 Å². The third-order valence-corrected chi connectivity index (χ3v) is 3.63. The number of nitrogens with zero attached hydrogens (tertiary/aromatic N) is 3. The van der Waals surface area contributed by atoms with E-state index < -0.39 is 6.43 Å². The lowest BCUT2D eigenvalue weighted by atomic mass is 9.87. The summed E-state index contributed by atoms with van der Waals surface area (Å²) in [5, 5.41) is 0. The van der Waals surface area contributed by atoms with Crippen molar-refractivity contribution in [2.45, 2.75) is 19.8 Å². The van der Waals surface area contributed by atoms with Crippen LogP contribution < -0.4 is 10.6 Å². The summed E-state index contributed by atoms with van der Waals surface area (Å²) in [6, 6.07) is 0. The van der Waals surface area contributed by atoms with Crippen molar-refractivity contribution in [2.24, 2.45) is 17.6 Å². The number of alkyl halides is 2. The Labute approximate surface area is 105 Å². The molecule has 1 aromatic rings. The molecular formula is C12H18F2N4. The molecule has 1 fully saturated rings. The highest BCUT2D eigenvalue weighted by Gasteiger charge is 2.29. The van der Waals surface area contributed by atoms with Crippen molar-refractivity contribution >= 4 is 5.82 Å². The van der Waals surface area contributed by atoms with Gasteiger partial charge in [-0.2, -0.15) is 0 Å². The minimum Gasteiger partial charge on any atom is -0.355 e. The van der Waals surface area contributed by atoms with Crippen LogP contribution in [-0.2, 0) is 0 Å². The zero-order valence-corrected chi connectivity index (χ0v) is 10.4. The molecule has 2 unspecified atom stereocenters. The van der Waals surface area contributed by atoms with Gasteiger partial charge in [-0.1, -0.05) is 6.92 Å². The van der Waals surface area contributed by atoms with Gasteiger partial charge in [-0.3, -0.25) is 0 Å². The van der Waals surface area contributed by atoms with Gasteiger partial charge in [-0.25, -0.2) is 18.7 Å². The standard InChI is InChI=1S/C12H18F2N4/c1-8-2-5-18(7-9(8)6-15)12-10(11(13)14)16-3-4-17-12/h3-4,8-9,11H,2,5-7,15H2,1H3. The number of rotatable bonds is 3. The summed E-state index contributed by atoms with van der Waals surface area (Å²) in [5.41, 5.74) is 5.49. The topological polar surface area (TPSA) is 55.0 Å². The maximum Gasteiger partial charge on any atom is 0.284 e. The van der Waals surface area contributed by atoms with E-state index >= 15 is 0 Å². The van der Waals surface area contributed by atoms with Gasteiger partial charge in [0.25, 0.3) is 6.43 Å². The molecule has 0 aromatic carbocycles. The van der Waals surface area contributed by atoms with E-state index in [9.17, 15) is 8.78 Å². The summed E-state index contributed by atoms with van der Waals surface area (Å²) in [6.45, 7) is 4.13. The Balaban J connectivity index is 2.21. The Morgan fingerprint density at radius 3 is 2.83 bits per heavy atom. The predicted molar refractivity (Wildman–Crippen MR) is 65.5 cm³/mol. The summed E-state index contributed by atoms with van der Waals surface area (Å²) in [5.74, 6) is 1.15. The molecule has 0 aliphatic carbocycles. The average molecular weight is 256 g/mol. The van der Waals surface area contributed by atoms with Crippen molar-refractivity contribution in [3.8, 4) is 0 Å². The van der Waals surface area contributed by atoms with Crippen molar-refractivity contribution in [3.05, 3.63) is 18.1 Å². The van der Waals surface area contributed by atoms with E-state index in [1.807, 2.05) is 4.90 Å². The van der Waals surface area contributed by atoms with Crippen molar-refractivity contribution in [1.29, 1.82) is 0 Å². The van der Waals surface area contributed by atoms with Gasteiger partial charge in [0.15, 0.2) is 5.82 Å². The first kappa shape index (κ1) is 13.1. The van der Waals surface area contributed by atoms with E-state index in [1.165, 1.54) is 12.4 Å². The fourth-order valence-electron chi connectivity index (χ4n) is 2.39. The second kappa shape index (κ2) is 5.56. The zero-order chi connectivity index (χ0) is 13.1. The van der Waals surface area contributed by atoms with Crippen LogP contribution in [0.3, 0.4) is 0 Å². The number of hydrogen-bond donors (Lipinski definition) is 1. The molecule has 2 atom stereocenters. The number of halogens is 2. The summed E-state index contributed by atoms with van der Waals surface area (Å²) in [6.07, 6.45) is 1.11. The molecule has 0 spiro atoms. The average Bonchev–Trinajstić information content (AvgIpc) is 2.39. The Bertz CT molecular complexity index is 399. The van der Waals surface area contributed by atoms with Crippen LogP contribution in [-0.4, -0.2) is 29.6 Å². The van der Waals surface area contributed by atoms with Crippen LogP contribution in [0.4, 0.5) is 14.6 Å². The monoisotopic (exact) mass is 256 g/mol. The minimum atomic E-state index is -2.59. The van der Waals surface area contributed by atoms with E-state index in [1.54, 1.807) is 0 Å². The van der Waals surface area contributed by atoms with E-state index in [2.05, 4.69) is 16.9 Å². The van der Waals surface area contributed by atoms with Gasteiger partial charge in [0.2, 0.25) is 0 Å². The number of hydrogen-bond acceptors (Lipinski definition) is 4. The quantitative estimate of drug-likeness (QED) is 0.896. The molecule has 2 heterocycles. The smallest absolute Gasteiger partial charge is 0.284 e. The lowest BCUT2D eigenvalue weighted by molar-refractivity contribution is 0.145. The molecular weight excluding hydrogens is 238 g/mol. The molecule has 1 aliphatic heterocycles. The van der Waals surface area contributed by atoms with Crippen LogP contribution in [0.25, 0.3) is 0 Å². The molecule has 0 amide bonds. The van der Waals surface area contributed by atoms with Crippen LogP contribution >= 0.6 is 0 Å². The second-order valence-corrected chi connectivity index (χ2v) is 4.77. The summed E-state index contributed by atoms with van der Waals surface area (Å²) < 4.78 is 25.8. The highest BCUT2D eigenvalue weighted by Crippen LogP contribution is 2.30. The first-order valence-electron chi connectivity index (χ1n) is 6.17. The number of piperidine rings is 1. The Kier molecular flexibility index (Phi) is 4.06. The number of anilines is 1. The predicted octanol–water partition coefficient (Wildman–Crippen LogP) is 1.84. The fraction of sp³-hybridized carbons (Fsp3) is 0.667. The van der Waals surface area contributed by atoms with Gasteiger partial charge in [0.1, 0.15) is 5.69 Å². The summed E-state index contributed by atoms with van der Waals surface area (Å²) in [4.78, 5) is 9.68. The van der Waals surface area contributed by atoms with Gasteiger partial charge in [0.05, 0.1) is 0 Å². The van der Waals surface area contributed by atoms with Gasteiger partial charge in [-0.15, -0.1) is 0 Å². The first-order valence-corrected chi connectivity index (χ1v) is 6.17. The Hall–Kier alpha value is -1.30. The normalized spacial score (nSPS) is 24.6. The van der Waals surface area contributed by atoms with Gasteiger partial charge in [-0.05, 0) is 24.8 Å². The van der Waals surface area contributed by atoms with E-state index in [4.69, 9.17) is 5.73 Å². The van der Waals surface area contributed by atoms with Crippen LogP contribution in [0.1, 0.15) is 25.5 Å². The second-order valence-electron chi connectivity index (χ2n) is 4.77. The van der Waals surface area contributed by atoms with Crippen molar-refractivity contribution < 1.29 is 8.78 Å². The highest BCUT2D eigenvalue weighted by molar-refractivity contribution is 5.44. The molecule has 0 saturated carbocycles. The first-order chi connectivity index (χ1) is 8.63. The van der Waals surface area contributed by atoms with Crippen LogP contribution in [0.15, 0.2) is 12.4 Å². The maximum atomic E-state index is 12.9. The Morgan fingerprint density at radius 1 is 1.44 bits per heavy atom. The summed E-state index contributed by atoms with van der Waals surface area (Å²) >= 11 is 0. The van der Waals surface area contributed by atoms with Crippen LogP contribution in [0.5, 0.6) is 0 Å². The van der Waals surface area contributed by atoms with Gasteiger partial charge < -0.3 is 10.6 Å². The van der Waals surface area contributed by atoms with E-state index in [0.717, 1.165) is 13.0 Å². The molecule has 100 valence electrons. The van der Waals surface area contributed by atoms with Crippen molar-refractivity contribution in [3.63, 3.8) is 0 Å². The molecule has 1 aliphatic rings. The third kappa shape index (κ3) is 2.58. The van der Waals surface area contributed by atoms with E-state index in [0.29, 0.717) is 30.7 Å². The molecule has 18 heavy (non-hydrogen) atoms. The van der Waals surface area contributed by atoms with Crippen molar-refractivity contribution in [2.75, 3.05) is 24.5 Å². The Morgan fingerprint density at radius 2 is 2.17 bits per heavy atom. The highest BCUT2D eigenvalue weighted by atomic mass is 19.3. The third-order valence-electron chi connectivity index (χ3n) is 3.63. The maximum absolute atomic E-state index is 12.9. The van der Waals surface area contributed by atoms with Gasteiger partial charge in [0, 0.05) is 25.5 Å². The van der Waals surface area contributed by atoms with Crippen molar-refractivity contribution in [1.82, 2.24) is 9.97 Å². The number of aromatic nitrogens is 2. The lowest BCUT2D eigenvalue weighted by Gasteiger charge is -2.37. The molecule has 4 nitrogen and oxygen atoms in total. The lowest BCUT2D eigenvalue weighted by Crippen LogP contribution is -2.43. The molecule has 0 radical (unpaired) electrons. The van der Waals surface area contributed by atoms with E-state index in [-0.39, 0.29) is 5.69 Å². The molecule has 6 heteroatoms. The minimum absolute atomic E-state index is 0.233. The molecule has 1 aromatic heterocycles. The van der Waals surface area contributed by atoms with Crippen LogP contribution in [0, 0.1) is 11.8 Å². The molecule has 2 N–H and O–H groups in total. The SMILES string of the molecule is CC1CCN(c2nccnc2C(F)F)CC1CN.